The minimum absolute atomic E-state index is 0. The largest absolute Gasteiger partial charge is 0.347 e. The molecule has 4 aromatic rings. The van der Waals surface area contributed by atoms with Gasteiger partial charge in [-0.05, 0) is 47.2 Å². The van der Waals surface area contributed by atoms with Crippen LogP contribution >= 0.6 is 0 Å². The van der Waals surface area contributed by atoms with Gasteiger partial charge in [-0.3, -0.25) is 0 Å². The molecule has 1 heteroatoms. The summed E-state index contributed by atoms with van der Waals surface area (Å²) in [6, 6.07) is 27.0. The molecule has 0 bridgehead atoms. The van der Waals surface area contributed by atoms with E-state index in [0.29, 0.717) is 0 Å². The summed E-state index contributed by atoms with van der Waals surface area (Å²) >= 11 is 0. The SMILES string of the molecule is C.CC.CC.Cc1c2c(n(C)c1C)-c1ccccc1C21c2ccccc2-c2ccccc21. The van der Waals surface area contributed by atoms with Gasteiger partial charge in [-0.25, -0.2) is 0 Å². The maximum Gasteiger partial charge on any atom is 0.0743 e. The van der Waals surface area contributed by atoms with E-state index in [1.54, 1.807) is 0 Å². The summed E-state index contributed by atoms with van der Waals surface area (Å²) in [6.07, 6.45) is 0. The molecule has 0 unspecified atom stereocenters. The zero-order chi connectivity index (χ0) is 22.3. The van der Waals surface area contributed by atoms with Crippen molar-refractivity contribution in [2.45, 2.75) is 54.4 Å². The molecule has 0 atom stereocenters. The predicted octanol–water partition coefficient (Wildman–Crippen LogP) is 8.67. The minimum Gasteiger partial charge on any atom is -0.347 e. The molecule has 1 aromatic heterocycles. The van der Waals surface area contributed by atoms with Crippen LogP contribution in [0.15, 0.2) is 72.8 Å². The van der Waals surface area contributed by atoms with E-state index in [1.165, 1.54) is 55.9 Å². The second kappa shape index (κ2) is 8.82. The van der Waals surface area contributed by atoms with E-state index in [1.807, 2.05) is 27.7 Å². The zero-order valence-electron chi connectivity index (χ0n) is 19.9. The Morgan fingerprint density at radius 3 is 1.44 bits per heavy atom. The molecule has 32 heavy (non-hydrogen) atoms. The van der Waals surface area contributed by atoms with Crippen molar-refractivity contribution in [3.05, 3.63) is 106 Å². The first-order valence-electron chi connectivity index (χ1n) is 11.6. The van der Waals surface area contributed by atoms with Crippen LogP contribution in [0.4, 0.5) is 0 Å². The van der Waals surface area contributed by atoms with E-state index < -0.39 is 0 Å². The van der Waals surface area contributed by atoms with Gasteiger partial charge in [0.1, 0.15) is 0 Å². The molecule has 0 radical (unpaired) electrons. The van der Waals surface area contributed by atoms with E-state index in [-0.39, 0.29) is 12.8 Å². The summed E-state index contributed by atoms with van der Waals surface area (Å²) in [6.45, 7) is 12.5. The summed E-state index contributed by atoms with van der Waals surface area (Å²) in [4.78, 5) is 0. The van der Waals surface area contributed by atoms with Crippen molar-refractivity contribution >= 4 is 0 Å². The molecule has 1 nitrogen and oxygen atoms in total. The van der Waals surface area contributed by atoms with E-state index in [9.17, 15) is 0 Å². The van der Waals surface area contributed by atoms with Crippen LogP contribution in [0.2, 0.25) is 0 Å². The fourth-order valence-corrected chi connectivity index (χ4v) is 5.67. The number of aromatic nitrogens is 1. The van der Waals surface area contributed by atoms with Crippen molar-refractivity contribution in [2.75, 3.05) is 0 Å². The van der Waals surface area contributed by atoms with Crippen LogP contribution in [0.25, 0.3) is 22.4 Å². The Labute approximate surface area is 194 Å². The van der Waals surface area contributed by atoms with Crippen LogP contribution in [-0.4, -0.2) is 4.57 Å². The smallest absolute Gasteiger partial charge is 0.0743 e. The predicted molar refractivity (Wildman–Crippen MR) is 141 cm³/mol. The Bertz CT molecular complexity index is 1210. The molecule has 0 aliphatic heterocycles. The quantitative estimate of drug-likeness (QED) is 0.230. The van der Waals surface area contributed by atoms with Crippen molar-refractivity contribution in [2.24, 2.45) is 7.05 Å². The van der Waals surface area contributed by atoms with Gasteiger partial charge in [-0.2, -0.15) is 0 Å². The van der Waals surface area contributed by atoms with Gasteiger partial charge in [-0.15, -0.1) is 0 Å². The summed E-state index contributed by atoms with van der Waals surface area (Å²) in [5.74, 6) is 0. The number of nitrogens with zero attached hydrogens (tertiary/aromatic N) is 1. The Morgan fingerprint density at radius 1 is 0.594 bits per heavy atom. The van der Waals surface area contributed by atoms with Gasteiger partial charge < -0.3 is 4.57 Å². The average molecular weight is 424 g/mol. The molecule has 1 spiro atoms. The normalized spacial score (nSPS) is 12.8. The minimum atomic E-state index is -0.199. The van der Waals surface area contributed by atoms with Crippen molar-refractivity contribution < 1.29 is 0 Å². The van der Waals surface area contributed by atoms with Crippen LogP contribution in [0, 0.1) is 13.8 Å². The first-order valence-corrected chi connectivity index (χ1v) is 11.6. The van der Waals surface area contributed by atoms with Gasteiger partial charge in [0.05, 0.1) is 11.1 Å². The highest BCUT2D eigenvalue weighted by Gasteiger charge is 2.53. The number of benzene rings is 3. The average Bonchev–Trinajstić information content (AvgIpc) is 3.40. The van der Waals surface area contributed by atoms with Gasteiger partial charge in [0.15, 0.2) is 0 Å². The fourth-order valence-electron chi connectivity index (χ4n) is 5.67. The van der Waals surface area contributed by atoms with Gasteiger partial charge in [0.2, 0.25) is 0 Å². The van der Waals surface area contributed by atoms with Crippen molar-refractivity contribution in [3.63, 3.8) is 0 Å². The topological polar surface area (TPSA) is 4.93 Å². The molecule has 1 heterocycles. The van der Waals surface area contributed by atoms with Crippen LogP contribution in [0.3, 0.4) is 0 Å². The molecule has 0 saturated carbocycles. The van der Waals surface area contributed by atoms with Crippen molar-refractivity contribution in [1.82, 2.24) is 4.57 Å². The monoisotopic (exact) mass is 423 g/mol. The van der Waals surface area contributed by atoms with E-state index in [0.717, 1.165) is 0 Å². The maximum atomic E-state index is 2.39. The standard InChI is InChI=1S/C26H21N.2C2H6.CH4/c1-16-17(2)27(3)25-20-12-6-9-15-23(20)26(24(16)25)21-13-7-4-10-18(21)19-11-5-8-14-22(19)26;2*1-2;/h4-15H,1-3H3;2*1-2H3;1H4. The summed E-state index contributed by atoms with van der Waals surface area (Å²) in [7, 11) is 2.21. The molecule has 2 aliphatic rings. The van der Waals surface area contributed by atoms with Gasteiger partial charge in [0, 0.05) is 23.9 Å². The molecule has 0 N–H and O–H groups in total. The molecular weight excluding hydrogens is 386 g/mol. The second-order valence-electron chi connectivity index (χ2n) is 7.88. The lowest BCUT2D eigenvalue weighted by molar-refractivity contribution is 0.788. The molecule has 0 amide bonds. The summed E-state index contributed by atoms with van der Waals surface area (Å²) in [5, 5.41) is 0. The number of hydrogen-bond acceptors (Lipinski definition) is 0. The third-order valence-corrected chi connectivity index (χ3v) is 6.91. The second-order valence-corrected chi connectivity index (χ2v) is 7.88. The molecule has 2 aliphatic carbocycles. The lowest BCUT2D eigenvalue weighted by Gasteiger charge is -2.30. The zero-order valence-corrected chi connectivity index (χ0v) is 19.9. The number of rotatable bonds is 0. The third-order valence-electron chi connectivity index (χ3n) is 6.91. The van der Waals surface area contributed by atoms with Crippen molar-refractivity contribution in [1.29, 1.82) is 0 Å². The van der Waals surface area contributed by atoms with E-state index in [4.69, 9.17) is 0 Å². The Balaban J connectivity index is 0.000000550. The number of hydrogen-bond donors (Lipinski definition) is 0. The van der Waals surface area contributed by atoms with Crippen LogP contribution in [0.5, 0.6) is 0 Å². The van der Waals surface area contributed by atoms with Gasteiger partial charge >= 0.3 is 0 Å². The van der Waals surface area contributed by atoms with Crippen molar-refractivity contribution in [3.8, 4) is 22.4 Å². The van der Waals surface area contributed by atoms with Crippen LogP contribution in [0.1, 0.15) is 68.6 Å². The first kappa shape index (κ1) is 23.6. The molecule has 6 rings (SSSR count). The Kier molecular flexibility index (Phi) is 6.51. The van der Waals surface area contributed by atoms with E-state index in [2.05, 4.69) is 98.3 Å². The molecule has 0 saturated heterocycles. The third kappa shape index (κ3) is 2.70. The van der Waals surface area contributed by atoms with Gasteiger partial charge in [0.25, 0.3) is 0 Å². The lowest BCUT2D eigenvalue weighted by atomic mass is 9.70. The molecule has 166 valence electrons. The maximum absolute atomic E-state index is 2.39. The molecular formula is C31H37N. The Hall–Kier alpha value is -3.06. The van der Waals surface area contributed by atoms with E-state index >= 15 is 0 Å². The van der Waals surface area contributed by atoms with Gasteiger partial charge in [-0.1, -0.05) is 108 Å². The van der Waals surface area contributed by atoms with Crippen LogP contribution in [-0.2, 0) is 12.5 Å². The lowest BCUT2D eigenvalue weighted by Crippen LogP contribution is -2.26. The highest BCUT2D eigenvalue weighted by molar-refractivity contribution is 5.95. The molecule has 0 fully saturated rings. The summed E-state index contributed by atoms with van der Waals surface area (Å²) < 4.78 is 2.39. The highest BCUT2D eigenvalue weighted by atomic mass is 15.0. The fraction of sp³-hybridized carbons (Fsp3) is 0.290. The Morgan fingerprint density at radius 2 is 0.969 bits per heavy atom. The number of fused-ring (bicyclic) bond motifs is 10. The molecule has 3 aromatic carbocycles. The highest BCUT2D eigenvalue weighted by Crippen LogP contribution is 2.63. The first-order chi connectivity index (χ1) is 15.2. The van der Waals surface area contributed by atoms with Crippen LogP contribution < -0.4 is 0 Å². The summed E-state index contributed by atoms with van der Waals surface area (Å²) in [5.41, 5.74) is 13.8.